The van der Waals surface area contributed by atoms with Crippen molar-refractivity contribution in [2.75, 3.05) is 11.9 Å². The molecule has 3 nitrogen and oxygen atoms in total. The number of carbonyl (C=O) groups excluding carboxylic acids is 2. The third-order valence-corrected chi connectivity index (χ3v) is 4.15. The Labute approximate surface area is 112 Å². The summed E-state index contributed by atoms with van der Waals surface area (Å²) in [5, 5.41) is -0.620. The highest BCUT2D eigenvalue weighted by molar-refractivity contribution is 8.02. The second kappa shape index (κ2) is 4.43. The summed E-state index contributed by atoms with van der Waals surface area (Å²) in [5.74, 6) is -0.202. The van der Waals surface area contributed by atoms with E-state index in [2.05, 4.69) is 0 Å². The minimum absolute atomic E-state index is 0.0753. The molecule has 96 valence electrons. The van der Waals surface area contributed by atoms with Crippen molar-refractivity contribution in [2.45, 2.75) is 30.8 Å². The molecule has 1 unspecified atom stereocenters. The minimum Gasteiger partial charge on any atom is -0.313 e. The van der Waals surface area contributed by atoms with E-state index in [0.717, 1.165) is 0 Å². The molecule has 0 saturated carbocycles. The van der Waals surface area contributed by atoms with Gasteiger partial charge in [-0.05, 0) is 12.1 Å². The normalized spacial score (nSPS) is 20.0. The first-order valence-electron chi connectivity index (χ1n) is 5.90. The van der Waals surface area contributed by atoms with Gasteiger partial charge in [-0.1, -0.05) is 32.9 Å². The Hall–Kier alpha value is -1.29. The quantitative estimate of drug-likeness (QED) is 0.731. The summed E-state index contributed by atoms with van der Waals surface area (Å²) in [5.41, 5.74) is 1.35. The molecule has 0 spiro atoms. The first-order valence-corrected chi connectivity index (χ1v) is 6.78. The molecule has 0 radical (unpaired) electrons. The van der Waals surface area contributed by atoms with E-state index < -0.39 is 5.25 Å². The standard InChI is InChI=1S/C14H17NO2S/c1-14(2,3)18-12-11(16)9-7-5-6-8-10(9)15(4)13(12)17/h5-8,12H,1-4H3. The van der Waals surface area contributed by atoms with Gasteiger partial charge >= 0.3 is 0 Å². The van der Waals surface area contributed by atoms with E-state index in [1.54, 1.807) is 18.0 Å². The number of nitrogens with zero attached hydrogens (tertiary/aromatic N) is 1. The fourth-order valence-corrected chi connectivity index (χ4v) is 3.18. The van der Waals surface area contributed by atoms with Crippen LogP contribution in [0.25, 0.3) is 0 Å². The average Bonchev–Trinajstić information content (AvgIpc) is 2.31. The molecule has 1 aliphatic rings. The van der Waals surface area contributed by atoms with Crippen LogP contribution in [-0.4, -0.2) is 28.7 Å². The largest absolute Gasteiger partial charge is 0.313 e. The predicted molar refractivity (Wildman–Crippen MR) is 75.3 cm³/mol. The van der Waals surface area contributed by atoms with Gasteiger partial charge in [-0.15, -0.1) is 11.8 Å². The van der Waals surface area contributed by atoms with Crippen molar-refractivity contribution in [3.63, 3.8) is 0 Å². The van der Waals surface area contributed by atoms with Crippen LogP contribution in [0.3, 0.4) is 0 Å². The van der Waals surface area contributed by atoms with Gasteiger partial charge in [0.1, 0.15) is 5.25 Å². The van der Waals surface area contributed by atoms with Gasteiger partial charge in [-0.2, -0.15) is 0 Å². The highest BCUT2D eigenvalue weighted by Crippen LogP contribution is 2.36. The summed E-state index contributed by atoms with van der Waals surface area (Å²) in [6.45, 7) is 6.04. The first-order chi connectivity index (χ1) is 8.31. The van der Waals surface area contributed by atoms with Crippen molar-refractivity contribution >= 4 is 29.1 Å². The lowest BCUT2D eigenvalue weighted by Gasteiger charge is -2.33. The molecular weight excluding hydrogens is 246 g/mol. The number of carbonyl (C=O) groups is 2. The number of hydrogen-bond acceptors (Lipinski definition) is 3. The summed E-state index contributed by atoms with van der Waals surface area (Å²) in [6, 6.07) is 7.27. The van der Waals surface area contributed by atoms with Crippen molar-refractivity contribution in [3.05, 3.63) is 29.8 Å². The van der Waals surface area contributed by atoms with Gasteiger partial charge in [0.15, 0.2) is 5.78 Å². The van der Waals surface area contributed by atoms with Crippen molar-refractivity contribution in [1.29, 1.82) is 0 Å². The number of thioether (sulfide) groups is 1. The highest BCUT2D eigenvalue weighted by Gasteiger charge is 2.40. The van der Waals surface area contributed by atoms with E-state index in [1.807, 2.05) is 39.0 Å². The van der Waals surface area contributed by atoms with Crippen molar-refractivity contribution < 1.29 is 9.59 Å². The lowest BCUT2D eigenvalue weighted by atomic mass is 10.00. The van der Waals surface area contributed by atoms with Gasteiger partial charge < -0.3 is 4.90 Å². The van der Waals surface area contributed by atoms with Crippen LogP contribution in [0.2, 0.25) is 0 Å². The number of hydrogen-bond donors (Lipinski definition) is 0. The zero-order valence-corrected chi connectivity index (χ0v) is 11.9. The van der Waals surface area contributed by atoms with Crippen LogP contribution < -0.4 is 4.90 Å². The van der Waals surface area contributed by atoms with Gasteiger partial charge in [0.25, 0.3) is 0 Å². The molecule has 0 N–H and O–H groups in total. The van der Waals surface area contributed by atoms with E-state index in [-0.39, 0.29) is 16.4 Å². The molecule has 1 aliphatic heterocycles. The van der Waals surface area contributed by atoms with E-state index in [9.17, 15) is 9.59 Å². The van der Waals surface area contributed by atoms with Crippen LogP contribution in [0.1, 0.15) is 31.1 Å². The lowest BCUT2D eigenvalue weighted by Crippen LogP contribution is -2.45. The molecule has 0 saturated heterocycles. The summed E-state index contributed by atoms with van der Waals surface area (Å²) in [6.07, 6.45) is 0. The second-order valence-electron chi connectivity index (χ2n) is 5.39. The third kappa shape index (κ3) is 2.29. The van der Waals surface area contributed by atoms with Gasteiger partial charge in [0.2, 0.25) is 5.91 Å². The Kier molecular flexibility index (Phi) is 3.23. The monoisotopic (exact) mass is 263 g/mol. The maximum Gasteiger partial charge on any atom is 0.247 e. The number of rotatable bonds is 1. The molecule has 1 aromatic carbocycles. The number of Topliss-reactive ketones (excluding diaryl/α,β-unsaturated/α-hetero) is 1. The number of fused-ring (bicyclic) bond motifs is 1. The Morgan fingerprint density at radius 1 is 1.17 bits per heavy atom. The topological polar surface area (TPSA) is 37.4 Å². The van der Waals surface area contributed by atoms with E-state index in [4.69, 9.17) is 0 Å². The van der Waals surface area contributed by atoms with Crippen molar-refractivity contribution in [3.8, 4) is 0 Å². The number of amides is 1. The number of benzene rings is 1. The van der Waals surface area contributed by atoms with Crippen LogP contribution in [0, 0.1) is 0 Å². The van der Waals surface area contributed by atoms with Crippen LogP contribution in [0.15, 0.2) is 24.3 Å². The number of anilines is 1. The zero-order valence-electron chi connectivity index (χ0n) is 11.1. The van der Waals surface area contributed by atoms with Crippen LogP contribution >= 0.6 is 11.8 Å². The molecule has 4 heteroatoms. The van der Waals surface area contributed by atoms with E-state index in [1.165, 1.54) is 11.8 Å². The molecule has 1 amide bonds. The Morgan fingerprint density at radius 3 is 2.39 bits per heavy atom. The first kappa shape index (κ1) is 13.1. The second-order valence-corrected chi connectivity index (χ2v) is 7.32. The Balaban J connectivity index is 2.43. The smallest absolute Gasteiger partial charge is 0.247 e. The summed E-state index contributed by atoms with van der Waals surface area (Å²) < 4.78 is -0.122. The average molecular weight is 263 g/mol. The molecule has 0 aliphatic carbocycles. The number of ketones is 1. The van der Waals surface area contributed by atoms with Gasteiger partial charge in [-0.3, -0.25) is 9.59 Å². The van der Waals surface area contributed by atoms with Crippen molar-refractivity contribution in [1.82, 2.24) is 0 Å². The highest BCUT2D eigenvalue weighted by atomic mass is 32.2. The minimum atomic E-state index is -0.620. The van der Waals surface area contributed by atoms with Gasteiger partial charge in [-0.25, -0.2) is 0 Å². The van der Waals surface area contributed by atoms with E-state index in [0.29, 0.717) is 11.3 Å². The van der Waals surface area contributed by atoms with E-state index >= 15 is 0 Å². The molecule has 1 atom stereocenters. The predicted octanol–water partition coefficient (Wildman–Crippen LogP) is 2.75. The van der Waals surface area contributed by atoms with Crippen LogP contribution in [-0.2, 0) is 4.79 Å². The van der Waals surface area contributed by atoms with Crippen LogP contribution in [0.5, 0.6) is 0 Å². The molecule has 2 rings (SSSR count). The Bertz CT molecular complexity index is 505. The third-order valence-electron chi connectivity index (χ3n) is 2.80. The van der Waals surface area contributed by atoms with Gasteiger partial charge in [0, 0.05) is 17.4 Å². The summed E-state index contributed by atoms with van der Waals surface area (Å²) in [4.78, 5) is 26.2. The maximum absolute atomic E-state index is 12.4. The SMILES string of the molecule is CN1C(=O)C(SC(C)(C)C)C(=O)c2ccccc21. The van der Waals surface area contributed by atoms with Gasteiger partial charge in [0.05, 0.1) is 5.69 Å². The number of para-hydroxylation sites is 1. The van der Waals surface area contributed by atoms with Crippen LogP contribution in [0.4, 0.5) is 5.69 Å². The molecular formula is C14H17NO2S. The molecule has 0 bridgehead atoms. The molecule has 0 aromatic heterocycles. The molecule has 0 fully saturated rings. The maximum atomic E-state index is 12.4. The summed E-state index contributed by atoms with van der Waals surface area (Å²) in [7, 11) is 1.73. The fourth-order valence-electron chi connectivity index (χ4n) is 1.98. The fraction of sp³-hybridized carbons (Fsp3) is 0.429. The zero-order chi connectivity index (χ0) is 13.5. The molecule has 1 aromatic rings. The molecule has 18 heavy (non-hydrogen) atoms. The Morgan fingerprint density at radius 2 is 1.78 bits per heavy atom. The lowest BCUT2D eigenvalue weighted by molar-refractivity contribution is -0.117. The summed E-state index contributed by atoms with van der Waals surface area (Å²) >= 11 is 1.42. The molecule has 1 heterocycles. The van der Waals surface area contributed by atoms with Crippen molar-refractivity contribution in [2.24, 2.45) is 0 Å².